The molecule has 1 N–H and O–H groups in total. The number of anilines is 1. The van der Waals surface area contributed by atoms with Gasteiger partial charge < -0.3 is 14.6 Å². The Morgan fingerprint density at radius 2 is 1.89 bits per heavy atom. The fourth-order valence-electron chi connectivity index (χ4n) is 2.61. The maximum absolute atomic E-state index is 13.2. The second kappa shape index (κ2) is 8.26. The van der Waals surface area contributed by atoms with Crippen molar-refractivity contribution in [2.24, 2.45) is 7.05 Å². The number of aromatic nitrogens is 3. The van der Waals surface area contributed by atoms with Gasteiger partial charge in [-0.3, -0.25) is 4.79 Å². The molecule has 0 aliphatic carbocycles. The molecule has 7 heteroatoms. The first-order valence-corrected chi connectivity index (χ1v) is 9.40. The highest BCUT2D eigenvalue weighted by Crippen LogP contribution is 2.36. The summed E-state index contributed by atoms with van der Waals surface area (Å²) in [6.45, 7) is 3.85. The molecule has 2 aromatic carbocycles. The number of thioether (sulfide) groups is 1. The molecular weight excluding hydrogens is 360 g/mol. The number of hydrogen-bond acceptors (Lipinski definition) is 5. The summed E-state index contributed by atoms with van der Waals surface area (Å²) in [6.07, 6.45) is 0. The van der Waals surface area contributed by atoms with Gasteiger partial charge in [0.25, 0.3) is 0 Å². The van der Waals surface area contributed by atoms with E-state index in [1.165, 1.54) is 11.8 Å². The Bertz CT molecular complexity index is 940. The standard InChI is InChI=1S/C20H22N4O2S/c1-13-10-11-17(26-4)16(12-13)21-19(25)18(15-8-6-5-7-9-15)27-20-23-22-14(2)24(20)3/h5-12,18H,1-4H3,(H,21,25)/t18-/m1/s1. The van der Waals surface area contributed by atoms with Crippen LogP contribution in [0.1, 0.15) is 22.2 Å². The Labute approximate surface area is 163 Å². The van der Waals surface area contributed by atoms with Gasteiger partial charge in [0.15, 0.2) is 5.16 Å². The van der Waals surface area contributed by atoms with E-state index < -0.39 is 5.25 Å². The minimum atomic E-state index is -0.473. The molecule has 0 saturated carbocycles. The lowest BCUT2D eigenvalue weighted by Crippen LogP contribution is -2.20. The van der Waals surface area contributed by atoms with Crippen LogP contribution in [0, 0.1) is 13.8 Å². The topological polar surface area (TPSA) is 69.0 Å². The Morgan fingerprint density at radius 3 is 2.52 bits per heavy atom. The molecule has 0 aliphatic heterocycles. The zero-order valence-electron chi connectivity index (χ0n) is 15.8. The molecule has 140 valence electrons. The number of amides is 1. The number of hydrogen-bond donors (Lipinski definition) is 1. The summed E-state index contributed by atoms with van der Waals surface area (Å²) in [4.78, 5) is 13.2. The quantitative estimate of drug-likeness (QED) is 0.655. The first kappa shape index (κ1) is 19.0. The Kier molecular flexibility index (Phi) is 5.81. The molecule has 1 heterocycles. The maximum Gasteiger partial charge on any atom is 0.242 e. The third kappa shape index (κ3) is 4.31. The number of nitrogens with one attached hydrogen (secondary N) is 1. The number of ether oxygens (including phenoxy) is 1. The lowest BCUT2D eigenvalue weighted by atomic mass is 10.1. The molecule has 3 rings (SSSR count). The van der Waals surface area contributed by atoms with Crippen molar-refractivity contribution in [1.82, 2.24) is 14.8 Å². The number of carbonyl (C=O) groups is 1. The van der Waals surface area contributed by atoms with Crippen LogP contribution in [0.15, 0.2) is 53.7 Å². The lowest BCUT2D eigenvalue weighted by Gasteiger charge is -2.18. The summed E-state index contributed by atoms with van der Waals surface area (Å²) in [5, 5.41) is 11.5. The Balaban J connectivity index is 1.92. The fourth-order valence-corrected chi connectivity index (χ4v) is 3.66. The molecule has 1 atom stereocenters. The van der Waals surface area contributed by atoms with E-state index in [1.807, 2.05) is 74.0 Å². The number of rotatable bonds is 6. The van der Waals surface area contributed by atoms with Gasteiger partial charge in [-0.1, -0.05) is 48.2 Å². The van der Waals surface area contributed by atoms with Gasteiger partial charge in [0.05, 0.1) is 12.8 Å². The molecule has 0 aliphatic rings. The van der Waals surface area contributed by atoms with Crippen molar-refractivity contribution >= 4 is 23.4 Å². The first-order valence-electron chi connectivity index (χ1n) is 8.52. The maximum atomic E-state index is 13.2. The fraction of sp³-hybridized carbons (Fsp3) is 0.250. The van der Waals surface area contributed by atoms with Crippen molar-refractivity contribution in [3.8, 4) is 5.75 Å². The highest BCUT2D eigenvalue weighted by Gasteiger charge is 2.25. The van der Waals surface area contributed by atoms with Crippen LogP contribution in [0.2, 0.25) is 0 Å². The second-order valence-electron chi connectivity index (χ2n) is 6.19. The highest BCUT2D eigenvalue weighted by molar-refractivity contribution is 8.00. The summed E-state index contributed by atoms with van der Waals surface area (Å²) in [5.41, 5.74) is 2.59. The molecule has 0 unspecified atom stereocenters. The zero-order valence-corrected chi connectivity index (χ0v) is 16.6. The van der Waals surface area contributed by atoms with Gasteiger partial charge >= 0.3 is 0 Å². The predicted octanol–water partition coefficient (Wildman–Crippen LogP) is 3.91. The van der Waals surface area contributed by atoms with Crippen LogP contribution in [0.4, 0.5) is 5.69 Å². The zero-order chi connectivity index (χ0) is 19.4. The van der Waals surface area contributed by atoms with Crippen LogP contribution in [-0.2, 0) is 11.8 Å². The predicted molar refractivity (Wildman–Crippen MR) is 107 cm³/mol. The third-order valence-electron chi connectivity index (χ3n) is 4.23. The summed E-state index contributed by atoms with van der Waals surface area (Å²) >= 11 is 1.37. The van der Waals surface area contributed by atoms with E-state index in [9.17, 15) is 4.79 Å². The monoisotopic (exact) mass is 382 g/mol. The molecule has 1 amide bonds. The number of nitrogens with zero attached hydrogens (tertiary/aromatic N) is 3. The average molecular weight is 382 g/mol. The van der Waals surface area contributed by atoms with Crippen LogP contribution in [0.25, 0.3) is 0 Å². The third-order valence-corrected chi connectivity index (χ3v) is 5.52. The SMILES string of the molecule is COc1ccc(C)cc1NC(=O)[C@H](Sc1nnc(C)n1C)c1ccccc1. The van der Waals surface area contributed by atoms with Crippen LogP contribution in [-0.4, -0.2) is 27.8 Å². The second-order valence-corrected chi connectivity index (χ2v) is 7.26. The van der Waals surface area contributed by atoms with Gasteiger partial charge in [0.2, 0.25) is 5.91 Å². The highest BCUT2D eigenvalue weighted by atomic mass is 32.2. The summed E-state index contributed by atoms with van der Waals surface area (Å²) in [7, 11) is 3.48. The normalized spacial score (nSPS) is 11.9. The summed E-state index contributed by atoms with van der Waals surface area (Å²) < 4.78 is 7.26. The van der Waals surface area contributed by atoms with Crippen LogP contribution >= 0.6 is 11.8 Å². The molecule has 27 heavy (non-hydrogen) atoms. The molecule has 1 aromatic heterocycles. The van der Waals surface area contributed by atoms with Crippen molar-refractivity contribution < 1.29 is 9.53 Å². The molecule has 6 nitrogen and oxygen atoms in total. The van der Waals surface area contributed by atoms with E-state index in [0.717, 1.165) is 17.0 Å². The van der Waals surface area contributed by atoms with Gasteiger partial charge in [0, 0.05) is 7.05 Å². The molecule has 0 radical (unpaired) electrons. The van der Waals surface area contributed by atoms with Gasteiger partial charge in [0.1, 0.15) is 16.8 Å². The number of methoxy groups -OCH3 is 1. The Hall–Kier alpha value is -2.80. The minimum Gasteiger partial charge on any atom is -0.495 e. The van der Waals surface area contributed by atoms with Gasteiger partial charge in [-0.15, -0.1) is 10.2 Å². The number of aryl methyl sites for hydroxylation is 2. The van der Waals surface area contributed by atoms with E-state index in [2.05, 4.69) is 15.5 Å². The first-order chi connectivity index (χ1) is 13.0. The molecule has 0 spiro atoms. The van der Waals surface area contributed by atoms with Gasteiger partial charge in [-0.05, 0) is 37.1 Å². The minimum absolute atomic E-state index is 0.143. The van der Waals surface area contributed by atoms with Crippen molar-refractivity contribution in [3.63, 3.8) is 0 Å². The largest absolute Gasteiger partial charge is 0.495 e. The summed E-state index contributed by atoms with van der Waals surface area (Å²) in [5.74, 6) is 1.28. The number of carbonyl (C=O) groups excluding carboxylic acids is 1. The van der Waals surface area contributed by atoms with Crippen LogP contribution in [0.3, 0.4) is 0 Å². The number of benzene rings is 2. The van der Waals surface area contributed by atoms with Gasteiger partial charge in [-0.2, -0.15) is 0 Å². The lowest BCUT2D eigenvalue weighted by molar-refractivity contribution is -0.115. The molecule has 0 fully saturated rings. The van der Waals surface area contributed by atoms with Crippen molar-refractivity contribution in [2.75, 3.05) is 12.4 Å². The van der Waals surface area contributed by atoms with E-state index in [-0.39, 0.29) is 5.91 Å². The van der Waals surface area contributed by atoms with E-state index >= 15 is 0 Å². The van der Waals surface area contributed by atoms with Crippen molar-refractivity contribution in [3.05, 3.63) is 65.5 Å². The smallest absolute Gasteiger partial charge is 0.242 e. The molecule has 0 bridgehead atoms. The van der Waals surface area contributed by atoms with Crippen molar-refractivity contribution in [1.29, 1.82) is 0 Å². The Morgan fingerprint density at radius 1 is 1.15 bits per heavy atom. The van der Waals surface area contributed by atoms with Gasteiger partial charge in [-0.25, -0.2) is 0 Å². The average Bonchev–Trinajstić information content (AvgIpc) is 2.99. The summed E-state index contributed by atoms with van der Waals surface area (Å²) in [6, 6.07) is 15.3. The molecular formula is C20H22N4O2S. The molecule has 0 saturated heterocycles. The van der Waals surface area contributed by atoms with Crippen LogP contribution in [0.5, 0.6) is 5.75 Å². The van der Waals surface area contributed by atoms with Crippen molar-refractivity contribution in [2.45, 2.75) is 24.3 Å². The van der Waals surface area contributed by atoms with E-state index in [0.29, 0.717) is 16.6 Å². The van der Waals surface area contributed by atoms with E-state index in [1.54, 1.807) is 7.11 Å². The van der Waals surface area contributed by atoms with Crippen LogP contribution < -0.4 is 10.1 Å². The van der Waals surface area contributed by atoms with E-state index in [4.69, 9.17) is 4.74 Å². The molecule has 3 aromatic rings.